The minimum atomic E-state index is -0.0574. The van der Waals surface area contributed by atoms with Crippen molar-refractivity contribution >= 4 is 23.4 Å². The third kappa shape index (κ3) is 2.99. The highest BCUT2D eigenvalue weighted by molar-refractivity contribution is 7.99. The number of benzene rings is 2. The molecule has 0 bridgehead atoms. The molecule has 18 heavy (non-hydrogen) atoms. The zero-order valence-corrected chi connectivity index (χ0v) is 11.5. The van der Waals surface area contributed by atoms with Crippen molar-refractivity contribution in [3.8, 4) is 5.75 Å². The highest BCUT2D eigenvalue weighted by atomic mass is 35.5. The average molecular weight is 281 g/mol. The Balaban J connectivity index is 2.25. The molecule has 0 amide bonds. The van der Waals surface area contributed by atoms with Crippen molar-refractivity contribution in [1.29, 1.82) is 0 Å². The first kappa shape index (κ1) is 13.3. The fourth-order valence-corrected chi connectivity index (χ4v) is 2.82. The summed E-state index contributed by atoms with van der Waals surface area (Å²) in [5, 5.41) is 9.94. The molecule has 2 aromatic rings. The maximum Gasteiger partial charge on any atom is 0.118 e. The Kier molecular flexibility index (Phi) is 4.53. The van der Waals surface area contributed by atoms with Gasteiger partial charge in [-0.1, -0.05) is 29.4 Å². The Hall–Kier alpha value is -1.16. The minimum absolute atomic E-state index is 0.0574. The fourth-order valence-electron chi connectivity index (χ4n) is 1.56. The van der Waals surface area contributed by atoms with E-state index in [1.54, 1.807) is 24.9 Å². The summed E-state index contributed by atoms with van der Waals surface area (Å²) in [6.45, 7) is -0.0574. The van der Waals surface area contributed by atoms with Gasteiger partial charge in [0, 0.05) is 20.4 Å². The van der Waals surface area contributed by atoms with Crippen molar-refractivity contribution in [1.82, 2.24) is 0 Å². The number of rotatable bonds is 4. The van der Waals surface area contributed by atoms with E-state index in [-0.39, 0.29) is 6.61 Å². The number of hydrogen-bond acceptors (Lipinski definition) is 3. The molecule has 1 N–H and O–H groups in total. The van der Waals surface area contributed by atoms with E-state index in [4.69, 9.17) is 16.3 Å². The smallest absolute Gasteiger partial charge is 0.118 e. The molecule has 0 spiro atoms. The number of aliphatic hydroxyl groups excluding tert-OH is 1. The van der Waals surface area contributed by atoms with Crippen LogP contribution in [-0.4, -0.2) is 12.2 Å². The van der Waals surface area contributed by atoms with Crippen molar-refractivity contribution in [2.45, 2.75) is 16.4 Å². The molecule has 0 aromatic heterocycles. The second kappa shape index (κ2) is 6.14. The summed E-state index contributed by atoms with van der Waals surface area (Å²) in [4.78, 5) is 2.04. The van der Waals surface area contributed by atoms with E-state index in [0.717, 1.165) is 21.1 Å². The molecule has 0 unspecified atom stereocenters. The molecule has 0 aliphatic heterocycles. The van der Waals surface area contributed by atoms with Gasteiger partial charge in [-0.3, -0.25) is 0 Å². The first-order valence-electron chi connectivity index (χ1n) is 5.44. The van der Waals surface area contributed by atoms with Gasteiger partial charge in [-0.2, -0.15) is 0 Å². The molecular formula is C14H13ClO2S. The largest absolute Gasteiger partial charge is 0.497 e. The van der Waals surface area contributed by atoms with E-state index >= 15 is 0 Å². The van der Waals surface area contributed by atoms with E-state index in [2.05, 4.69) is 0 Å². The summed E-state index contributed by atoms with van der Waals surface area (Å²) in [6, 6.07) is 13.4. The van der Waals surface area contributed by atoms with Gasteiger partial charge in [0.2, 0.25) is 0 Å². The molecule has 2 rings (SSSR count). The maximum atomic E-state index is 9.34. The van der Waals surface area contributed by atoms with Crippen molar-refractivity contribution in [3.63, 3.8) is 0 Å². The van der Waals surface area contributed by atoms with E-state index in [0.29, 0.717) is 5.02 Å². The number of hydrogen-bond donors (Lipinski definition) is 1. The van der Waals surface area contributed by atoms with Crippen LogP contribution in [0.25, 0.3) is 0 Å². The highest BCUT2D eigenvalue weighted by Crippen LogP contribution is 2.34. The van der Waals surface area contributed by atoms with E-state index in [9.17, 15) is 5.11 Å². The molecular weight excluding hydrogens is 268 g/mol. The predicted octanol–water partition coefficient (Wildman–Crippen LogP) is 3.99. The topological polar surface area (TPSA) is 29.5 Å². The number of ether oxygens (including phenoxy) is 1. The Morgan fingerprint density at radius 3 is 2.50 bits per heavy atom. The summed E-state index contributed by atoms with van der Waals surface area (Å²) < 4.78 is 5.11. The van der Waals surface area contributed by atoms with Gasteiger partial charge in [-0.15, -0.1) is 0 Å². The summed E-state index contributed by atoms with van der Waals surface area (Å²) in [5.41, 5.74) is 0.764. The molecule has 0 aliphatic rings. The van der Waals surface area contributed by atoms with Crippen LogP contribution < -0.4 is 4.74 Å². The summed E-state index contributed by atoms with van der Waals surface area (Å²) >= 11 is 7.62. The number of methoxy groups -OCH3 is 1. The quantitative estimate of drug-likeness (QED) is 0.918. The summed E-state index contributed by atoms with van der Waals surface area (Å²) in [5.74, 6) is 0.827. The first-order valence-corrected chi connectivity index (χ1v) is 6.64. The molecule has 0 atom stereocenters. The van der Waals surface area contributed by atoms with Crippen molar-refractivity contribution in [2.24, 2.45) is 0 Å². The third-order valence-electron chi connectivity index (χ3n) is 2.52. The lowest BCUT2D eigenvalue weighted by Crippen LogP contribution is -1.89. The van der Waals surface area contributed by atoms with Gasteiger partial charge in [0.25, 0.3) is 0 Å². The van der Waals surface area contributed by atoms with Crippen LogP contribution in [0.1, 0.15) is 5.56 Å². The second-order valence-electron chi connectivity index (χ2n) is 3.65. The fraction of sp³-hybridized carbons (Fsp3) is 0.143. The minimum Gasteiger partial charge on any atom is -0.497 e. The van der Waals surface area contributed by atoms with E-state index < -0.39 is 0 Å². The van der Waals surface area contributed by atoms with Crippen LogP contribution in [-0.2, 0) is 6.61 Å². The van der Waals surface area contributed by atoms with Crippen molar-refractivity contribution in [2.75, 3.05) is 7.11 Å². The average Bonchev–Trinajstić information content (AvgIpc) is 2.40. The standard InChI is InChI=1S/C14H13ClO2S/c1-17-10-5-7-11(8-6-10)18-14-4-2-3-13(15)12(14)9-16/h2-8,16H,9H2,1H3. The number of halogens is 1. The van der Waals surface area contributed by atoms with Crippen LogP contribution in [0.4, 0.5) is 0 Å². The Bertz CT molecular complexity index is 526. The highest BCUT2D eigenvalue weighted by Gasteiger charge is 2.07. The lowest BCUT2D eigenvalue weighted by Gasteiger charge is -2.09. The van der Waals surface area contributed by atoms with Gasteiger partial charge in [-0.25, -0.2) is 0 Å². The van der Waals surface area contributed by atoms with Gasteiger partial charge < -0.3 is 9.84 Å². The summed E-state index contributed by atoms with van der Waals surface area (Å²) in [7, 11) is 1.64. The van der Waals surface area contributed by atoms with Gasteiger partial charge in [0.05, 0.1) is 13.7 Å². The summed E-state index contributed by atoms with van der Waals surface area (Å²) in [6.07, 6.45) is 0. The normalized spacial score (nSPS) is 10.4. The monoisotopic (exact) mass is 280 g/mol. The van der Waals surface area contributed by atoms with Gasteiger partial charge in [-0.05, 0) is 36.4 Å². The molecule has 4 heteroatoms. The molecule has 2 nitrogen and oxygen atoms in total. The Labute approximate surface area is 116 Å². The molecule has 0 radical (unpaired) electrons. The van der Waals surface area contributed by atoms with Crippen LogP contribution in [0.15, 0.2) is 52.3 Å². The van der Waals surface area contributed by atoms with Crippen LogP contribution in [0, 0.1) is 0 Å². The van der Waals surface area contributed by atoms with Crippen molar-refractivity contribution < 1.29 is 9.84 Å². The molecule has 0 heterocycles. The molecule has 0 saturated heterocycles. The van der Waals surface area contributed by atoms with Gasteiger partial charge >= 0.3 is 0 Å². The molecule has 0 aliphatic carbocycles. The van der Waals surface area contributed by atoms with Crippen LogP contribution >= 0.6 is 23.4 Å². The zero-order chi connectivity index (χ0) is 13.0. The van der Waals surface area contributed by atoms with E-state index in [1.807, 2.05) is 36.4 Å². The lowest BCUT2D eigenvalue weighted by atomic mass is 10.2. The van der Waals surface area contributed by atoms with Crippen LogP contribution in [0.3, 0.4) is 0 Å². The molecule has 94 valence electrons. The second-order valence-corrected chi connectivity index (χ2v) is 5.17. The third-order valence-corrected chi connectivity index (χ3v) is 3.99. The SMILES string of the molecule is COc1ccc(Sc2cccc(Cl)c2CO)cc1. The first-order chi connectivity index (χ1) is 8.74. The lowest BCUT2D eigenvalue weighted by molar-refractivity contribution is 0.279. The predicted molar refractivity (Wildman–Crippen MR) is 74.5 cm³/mol. The van der Waals surface area contributed by atoms with Crippen LogP contribution in [0.5, 0.6) is 5.75 Å². The Morgan fingerprint density at radius 1 is 1.17 bits per heavy atom. The Morgan fingerprint density at radius 2 is 1.89 bits per heavy atom. The van der Waals surface area contributed by atoms with Gasteiger partial charge in [0.15, 0.2) is 0 Å². The van der Waals surface area contributed by atoms with Crippen LogP contribution in [0.2, 0.25) is 5.02 Å². The molecule has 0 saturated carbocycles. The molecule has 2 aromatic carbocycles. The molecule has 0 fully saturated rings. The van der Waals surface area contributed by atoms with E-state index in [1.165, 1.54) is 0 Å². The van der Waals surface area contributed by atoms with Crippen molar-refractivity contribution in [3.05, 3.63) is 53.1 Å². The van der Waals surface area contributed by atoms with Gasteiger partial charge in [0.1, 0.15) is 5.75 Å². The maximum absolute atomic E-state index is 9.34. The number of aliphatic hydroxyl groups is 1. The zero-order valence-electron chi connectivity index (χ0n) is 9.89.